The van der Waals surface area contributed by atoms with Gasteiger partial charge in [0.2, 0.25) is 0 Å². The fraction of sp³-hybridized carbons (Fsp3) is 0.390. The van der Waals surface area contributed by atoms with Crippen molar-refractivity contribution >= 4 is 40.8 Å². The maximum Gasteiger partial charge on any atom is 0.387 e. The van der Waals surface area contributed by atoms with Crippen LogP contribution in [0.25, 0.3) is 0 Å². The van der Waals surface area contributed by atoms with Gasteiger partial charge in [0.15, 0.2) is 29.9 Å². The smallest absolute Gasteiger partial charge is 0.387 e. The Balaban J connectivity index is 1.13. The second-order valence-corrected chi connectivity index (χ2v) is 15.0. The number of aromatic amines is 1. The van der Waals surface area contributed by atoms with Crippen LogP contribution in [0.2, 0.25) is 10.0 Å². The second-order valence-electron chi connectivity index (χ2n) is 14.2. The molecule has 13 heteroatoms. The van der Waals surface area contributed by atoms with Crippen molar-refractivity contribution in [1.82, 2.24) is 4.90 Å². The number of benzene rings is 3. The molecule has 3 aromatic carbocycles. The van der Waals surface area contributed by atoms with Crippen LogP contribution in [0.3, 0.4) is 0 Å². The molecule has 2 N–H and O–H groups in total. The first kappa shape index (κ1) is 37.8. The Kier molecular flexibility index (Phi) is 11.9. The maximum absolute atomic E-state index is 13.9. The van der Waals surface area contributed by atoms with Gasteiger partial charge in [0.25, 0.3) is 0 Å². The quantitative estimate of drug-likeness (QED) is 0.120. The summed E-state index contributed by atoms with van der Waals surface area (Å²) in [5.41, 5.74) is 2.40. The van der Waals surface area contributed by atoms with Crippen LogP contribution in [0.4, 0.5) is 14.5 Å². The molecule has 2 bridgehead atoms. The molecule has 2 aliphatic heterocycles. The minimum Gasteiger partial charge on any atom is -0.489 e. The lowest BCUT2D eigenvalue weighted by Gasteiger charge is -2.36. The van der Waals surface area contributed by atoms with E-state index >= 15 is 0 Å². The standard InChI is InChI=1S/C41H41Cl2F2N3O6/c1-48-29-13-14-30(48)19-31(18-29)52-40(50)38(25-6-3-2-4-7-25)47-28-9-5-8-27(16-28)39(49)53-36(20-32-33(42)21-46-22-34(32)43)26-12-15-35(54-41(44)45)37(17-26)51-23-24-10-11-24/h2-9,12,15-17,21-22,24,29-31,36,38,41,47H,10-11,13-14,18-20,23H2,1H3/p+1/t29?,30?,31?,36-,38?/m0/s1. The number of nitrogens with zero attached hydrogens (tertiary/aromatic N) is 1. The number of carbonyl (C=O) groups is 2. The monoisotopic (exact) mass is 780 g/mol. The van der Waals surface area contributed by atoms with Gasteiger partial charge in [-0.1, -0.05) is 65.7 Å². The van der Waals surface area contributed by atoms with Gasteiger partial charge in [-0.05, 0) is 92.9 Å². The van der Waals surface area contributed by atoms with E-state index in [0.29, 0.717) is 51.5 Å². The van der Waals surface area contributed by atoms with E-state index in [1.165, 1.54) is 6.07 Å². The first-order valence-corrected chi connectivity index (χ1v) is 19.0. The molecule has 1 aliphatic carbocycles. The largest absolute Gasteiger partial charge is 0.489 e. The van der Waals surface area contributed by atoms with E-state index in [9.17, 15) is 18.4 Å². The van der Waals surface area contributed by atoms with Gasteiger partial charge in [-0.25, -0.2) is 14.6 Å². The van der Waals surface area contributed by atoms with Gasteiger partial charge in [-0.2, -0.15) is 8.78 Å². The molecule has 0 spiro atoms. The Labute approximate surface area is 322 Å². The van der Waals surface area contributed by atoms with E-state index in [1.807, 2.05) is 30.3 Å². The van der Waals surface area contributed by atoms with Crippen molar-refractivity contribution in [1.29, 1.82) is 0 Å². The van der Waals surface area contributed by atoms with Crippen LogP contribution in [0, 0.1) is 5.92 Å². The molecule has 3 heterocycles. The van der Waals surface area contributed by atoms with Crippen LogP contribution >= 0.6 is 23.2 Å². The molecule has 3 fully saturated rings. The number of pyridine rings is 1. The number of fused-ring (bicyclic) bond motifs is 2. The topological polar surface area (TPSA) is 100 Å². The molecule has 0 radical (unpaired) electrons. The number of esters is 2. The average Bonchev–Trinajstić information content (AvgIpc) is 3.97. The highest BCUT2D eigenvalue weighted by Gasteiger charge is 2.40. The molecule has 3 unspecified atom stereocenters. The fourth-order valence-corrected chi connectivity index (χ4v) is 7.85. The SMILES string of the molecule is CN1C2CCC1CC(OC(=O)C(Nc1cccc(C(=O)O[C@@H](Cc3c(Cl)c[nH+]cc3Cl)c3ccc(OC(F)F)c(OCC4CC4)c3)c1)c1ccccc1)C2. The summed E-state index contributed by atoms with van der Waals surface area (Å²) in [5.74, 6) is -0.743. The van der Waals surface area contributed by atoms with Crippen molar-refractivity contribution in [2.75, 3.05) is 19.0 Å². The Morgan fingerprint density at radius 1 is 0.889 bits per heavy atom. The zero-order chi connectivity index (χ0) is 37.8. The van der Waals surface area contributed by atoms with Crippen molar-refractivity contribution in [3.63, 3.8) is 0 Å². The van der Waals surface area contributed by atoms with Crippen LogP contribution < -0.4 is 19.8 Å². The number of halogens is 4. The lowest BCUT2D eigenvalue weighted by atomic mass is 10.00. The van der Waals surface area contributed by atoms with Crippen molar-refractivity contribution < 1.29 is 42.3 Å². The van der Waals surface area contributed by atoms with Gasteiger partial charge in [-0.15, -0.1) is 0 Å². The molecule has 2 saturated heterocycles. The summed E-state index contributed by atoms with van der Waals surface area (Å²) in [6.07, 6.45) is 7.86. The van der Waals surface area contributed by atoms with E-state index in [2.05, 4.69) is 22.2 Å². The molecule has 1 saturated carbocycles. The highest BCUT2D eigenvalue weighted by molar-refractivity contribution is 6.35. The maximum atomic E-state index is 13.9. The van der Waals surface area contributed by atoms with Gasteiger partial charge in [0.05, 0.1) is 12.2 Å². The normalized spacial score (nSPS) is 20.6. The molecule has 9 nitrogen and oxygen atoms in total. The third kappa shape index (κ3) is 9.25. The summed E-state index contributed by atoms with van der Waals surface area (Å²) in [6.45, 7) is -2.71. The van der Waals surface area contributed by atoms with Crippen molar-refractivity contribution in [2.45, 2.75) is 81.9 Å². The predicted molar refractivity (Wildman–Crippen MR) is 199 cm³/mol. The van der Waals surface area contributed by atoms with Gasteiger partial charge in [0, 0.05) is 29.8 Å². The molecule has 4 aromatic rings. The zero-order valence-corrected chi connectivity index (χ0v) is 31.2. The molecule has 284 valence electrons. The molecule has 7 rings (SSSR count). The van der Waals surface area contributed by atoms with Crippen molar-refractivity contribution in [2.24, 2.45) is 5.92 Å². The highest BCUT2D eigenvalue weighted by Crippen LogP contribution is 2.39. The van der Waals surface area contributed by atoms with Crippen LogP contribution in [0.1, 0.15) is 77.7 Å². The number of ether oxygens (including phenoxy) is 4. The van der Waals surface area contributed by atoms with Crippen LogP contribution in [0.15, 0.2) is 85.2 Å². The number of nitrogens with one attached hydrogen (secondary N) is 2. The predicted octanol–water partition coefficient (Wildman–Crippen LogP) is 8.66. The Hall–Kier alpha value is -4.45. The molecular formula is C41H42Cl2F2N3O6+. The first-order valence-electron chi connectivity index (χ1n) is 18.2. The number of alkyl halides is 2. The zero-order valence-electron chi connectivity index (χ0n) is 29.7. The van der Waals surface area contributed by atoms with Crippen LogP contribution in [-0.4, -0.2) is 55.3 Å². The lowest BCUT2D eigenvalue weighted by Crippen LogP contribution is -2.44. The number of hydrogen-bond donors (Lipinski definition) is 1. The number of aromatic nitrogens is 1. The molecule has 4 atom stereocenters. The summed E-state index contributed by atoms with van der Waals surface area (Å²) >= 11 is 13.0. The Bertz CT molecular complexity index is 1920. The minimum atomic E-state index is -3.06. The molecule has 0 amide bonds. The summed E-state index contributed by atoms with van der Waals surface area (Å²) in [7, 11) is 2.14. The second kappa shape index (κ2) is 16.9. The highest BCUT2D eigenvalue weighted by atomic mass is 35.5. The molecule has 54 heavy (non-hydrogen) atoms. The van der Waals surface area contributed by atoms with Gasteiger partial charge in [0.1, 0.15) is 22.3 Å². The summed E-state index contributed by atoms with van der Waals surface area (Å²) in [4.78, 5) is 33.0. The number of rotatable bonds is 15. The number of piperidine rings is 1. The third-order valence-corrected chi connectivity index (χ3v) is 11.2. The fourth-order valence-electron chi connectivity index (χ4n) is 7.32. The van der Waals surface area contributed by atoms with E-state index in [-0.39, 0.29) is 29.6 Å². The summed E-state index contributed by atoms with van der Waals surface area (Å²) < 4.78 is 49.5. The van der Waals surface area contributed by atoms with Gasteiger partial charge < -0.3 is 29.2 Å². The number of anilines is 1. The van der Waals surface area contributed by atoms with Gasteiger partial charge in [-0.3, -0.25) is 0 Å². The van der Waals surface area contributed by atoms with E-state index in [1.54, 1.807) is 48.8 Å². The van der Waals surface area contributed by atoms with E-state index < -0.39 is 30.7 Å². The van der Waals surface area contributed by atoms with Gasteiger partial charge >= 0.3 is 18.6 Å². The number of H-pyrrole nitrogens is 1. The van der Waals surface area contributed by atoms with E-state index in [4.69, 9.17) is 42.1 Å². The lowest BCUT2D eigenvalue weighted by molar-refractivity contribution is -0.377. The van der Waals surface area contributed by atoms with Crippen molar-refractivity contribution in [3.8, 4) is 11.5 Å². The van der Waals surface area contributed by atoms with Crippen LogP contribution in [-0.2, 0) is 20.7 Å². The molecule has 1 aromatic heterocycles. The molecule has 3 aliphatic rings. The average molecular weight is 782 g/mol. The van der Waals surface area contributed by atoms with E-state index in [0.717, 1.165) is 44.1 Å². The first-order chi connectivity index (χ1) is 26.1. The van der Waals surface area contributed by atoms with Crippen LogP contribution in [0.5, 0.6) is 11.5 Å². The number of carbonyl (C=O) groups excluding carboxylic acids is 2. The van der Waals surface area contributed by atoms with Crippen molar-refractivity contribution in [3.05, 3.63) is 117 Å². The Morgan fingerprint density at radius 3 is 2.30 bits per heavy atom. The third-order valence-electron chi connectivity index (χ3n) is 10.5. The number of hydrogen-bond acceptors (Lipinski definition) is 8. The summed E-state index contributed by atoms with van der Waals surface area (Å²) in [6, 6.07) is 20.4. The summed E-state index contributed by atoms with van der Waals surface area (Å²) in [5, 5.41) is 3.95. The molecular weight excluding hydrogens is 739 g/mol. The minimum absolute atomic E-state index is 0.0632. The Morgan fingerprint density at radius 2 is 1.61 bits per heavy atom.